The van der Waals surface area contributed by atoms with E-state index in [1.165, 1.54) is 0 Å². The highest BCUT2D eigenvalue weighted by atomic mass is 16.5. The molecule has 0 aliphatic carbocycles. The van der Waals surface area contributed by atoms with Gasteiger partial charge in [0.15, 0.2) is 0 Å². The quantitative estimate of drug-likeness (QED) is 0.520. The zero-order chi connectivity index (χ0) is 11.8. The second-order valence-electron chi connectivity index (χ2n) is 3.61. The number of hydrogen-bond acceptors (Lipinski definition) is 1. The Morgan fingerprint density at radius 3 is 2.69 bits per heavy atom. The molecule has 0 aromatic heterocycles. The largest absolute Gasteiger partial charge is 0.373 e. The predicted octanol–water partition coefficient (Wildman–Crippen LogP) is 3.52. The maximum atomic E-state index is 5.71. The molecular weight excluding hydrogens is 196 g/mol. The zero-order valence-corrected chi connectivity index (χ0v) is 9.78. The smallest absolute Gasteiger partial charge is 0.0822 e. The molecule has 0 N–H and O–H groups in total. The molecule has 0 radical (unpaired) electrons. The molecule has 0 aliphatic rings. The fraction of sp³-hybridized carbons (Fsp3) is 0.333. The van der Waals surface area contributed by atoms with Gasteiger partial charge in [0.2, 0.25) is 0 Å². The average molecular weight is 214 g/mol. The third-order valence-corrected chi connectivity index (χ3v) is 2.47. The summed E-state index contributed by atoms with van der Waals surface area (Å²) in [7, 11) is 0. The maximum Gasteiger partial charge on any atom is 0.0822 e. The molecule has 0 saturated carbocycles. The Morgan fingerprint density at radius 2 is 2.12 bits per heavy atom. The van der Waals surface area contributed by atoms with Crippen LogP contribution in [0.3, 0.4) is 0 Å². The Labute approximate surface area is 98.1 Å². The van der Waals surface area contributed by atoms with Crippen molar-refractivity contribution in [3.63, 3.8) is 0 Å². The number of rotatable bonds is 6. The molecular formula is C15H18O. The van der Waals surface area contributed by atoms with E-state index in [0.29, 0.717) is 13.0 Å². The Morgan fingerprint density at radius 1 is 1.44 bits per heavy atom. The van der Waals surface area contributed by atoms with E-state index in [9.17, 15) is 0 Å². The van der Waals surface area contributed by atoms with Gasteiger partial charge in [0.1, 0.15) is 0 Å². The van der Waals surface area contributed by atoms with Crippen LogP contribution >= 0.6 is 0 Å². The molecule has 84 valence electrons. The van der Waals surface area contributed by atoms with E-state index in [0.717, 1.165) is 17.6 Å². The Kier molecular flexibility index (Phi) is 5.39. The first-order chi connectivity index (χ1) is 7.79. The number of hydrogen-bond donors (Lipinski definition) is 0. The highest BCUT2D eigenvalue weighted by molar-refractivity contribution is 5.66. The number of benzene rings is 1. The van der Waals surface area contributed by atoms with Crippen LogP contribution in [-0.2, 0) is 4.74 Å². The van der Waals surface area contributed by atoms with Crippen LogP contribution in [0.5, 0.6) is 0 Å². The summed E-state index contributed by atoms with van der Waals surface area (Å²) in [5.41, 5.74) is 2.16. The van der Waals surface area contributed by atoms with Crippen LogP contribution in [-0.4, -0.2) is 12.7 Å². The molecule has 0 amide bonds. The van der Waals surface area contributed by atoms with E-state index in [4.69, 9.17) is 11.2 Å². The molecule has 0 spiro atoms. The fourth-order valence-corrected chi connectivity index (χ4v) is 1.56. The molecule has 0 heterocycles. The highest BCUT2D eigenvalue weighted by Crippen LogP contribution is 2.20. The van der Waals surface area contributed by atoms with Crippen LogP contribution in [0.15, 0.2) is 36.9 Å². The first-order valence-electron chi connectivity index (χ1n) is 5.58. The molecule has 1 heteroatoms. The van der Waals surface area contributed by atoms with Gasteiger partial charge in [-0.1, -0.05) is 43.8 Å². The van der Waals surface area contributed by atoms with Gasteiger partial charge >= 0.3 is 0 Å². The second kappa shape index (κ2) is 6.87. The monoisotopic (exact) mass is 214 g/mol. The summed E-state index contributed by atoms with van der Waals surface area (Å²) < 4.78 is 5.71. The minimum Gasteiger partial charge on any atom is -0.373 e. The minimum atomic E-state index is 0.0655. The molecule has 0 saturated heterocycles. The average Bonchev–Trinajstić information content (AvgIpc) is 2.35. The van der Waals surface area contributed by atoms with Gasteiger partial charge in [-0.15, -0.1) is 12.3 Å². The summed E-state index contributed by atoms with van der Waals surface area (Å²) in [6.45, 7) is 6.79. The molecule has 1 nitrogen and oxygen atoms in total. The van der Waals surface area contributed by atoms with Crippen molar-refractivity contribution >= 4 is 5.57 Å². The van der Waals surface area contributed by atoms with E-state index in [-0.39, 0.29) is 6.10 Å². The van der Waals surface area contributed by atoms with Crippen LogP contribution in [0.4, 0.5) is 0 Å². The predicted molar refractivity (Wildman–Crippen MR) is 69.0 cm³/mol. The summed E-state index contributed by atoms with van der Waals surface area (Å²) in [5, 5.41) is 0. The van der Waals surface area contributed by atoms with Gasteiger partial charge in [0.25, 0.3) is 0 Å². The van der Waals surface area contributed by atoms with Gasteiger partial charge < -0.3 is 4.74 Å². The Balaban J connectivity index is 2.60. The lowest BCUT2D eigenvalue weighted by molar-refractivity contribution is 0.0942. The molecule has 1 aromatic rings. The van der Waals surface area contributed by atoms with Gasteiger partial charge in [0.05, 0.1) is 12.7 Å². The summed E-state index contributed by atoms with van der Waals surface area (Å²) in [4.78, 5) is 0. The summed E-state index contributed by atoms with van der Waals surface area (Å²) in [5.74, 6) is 2.57. The van der Waals surface area contributed by atoms with Crippen LogP contribution in [0.1, 0.15) is 25.3 Å². The fourth-order valence-electron chi connectivity index (χ4n) is 1.56. The second-order valence-corrected chi connectivity index (χ2v) is 3.61. The molecule has 0 unspecified atom stereocenters. The Hall–Kier alpha value is -1.52. The minimum absolute atomic E-state index is 0.0655. The van der Waals surface area contributed by atoms with Crippen LogP contribution in [0.25, 0.3) is 5.57 Å². The lowest BCUT2D eigenvalue weighted by atomic mass is 10.0. The van der Waals surface area contributed by atoms with E-state index < -0.39 is 0 Å². The Bertz CT molecular complexity index is 359. The van der Waals surface area contributed by atoms with Crippen molar-refractivity contribution in [1.82, 2.24) is 0 Å². The van der Waals surface area contributed by atoms with Gasteiger partial charge in [-0.3, -0.25) is 0 Å². The number of terminal acetylenes is 1. The SMILES string of the molecule is C#CCCO[C@@H](CC)C(=C)c1ccccc1. The molecule has 0 aliphatic heterocycles. The van der Waals surface area contributed by atoms with E-state index >= 15 is 0 Å². The maximum absolute atomic E-state index is 5.71. The lowest BCUT2D eigenvalue weighted by Gasteiger charge is -2.18. The first kappa shape index (κ1) is 12.5. The van der Waals surface area contributed by atoms with Crippen molar-refractivity contribution in [2.24, 2.45) is 0 Å². The molecule has 1 atom stereocenters. The van der Waals surface area contributed by atoms with Crippen molar-refractivity contribution in [2.75, 3.05) is 6.61 Å². The molecule has 1 aromatic carbocycles. The van der Waals surface area contributed by atoms with Crippen molar-refractivity contribution in [2.45, 2.75) is 25.9 Å². The zero-order valence-electron chi connectivity index (χ0n) is 9.78. The van der Waals surface area contributed by atoms with E-state index in [1.807, 2.05) is 18.2 Å². The van der Waals surface area contributed by atoms with Crippen molar-refractivity contribution in [3.05, 3.63) is 42.5 Å². The van der Waals surface area contributed by atoms with Gasteiger partial charge in [-0.25, -0.2) is 0 Å². The number of ether oxygens (including phenoxy) is 1. The van der Waals surface area contributed by atoms with Crippen molar-refractivity contribution < 1.29 is 4.74 Å². The van der Waals surface area contributed by atoms with Crippen molar-refractivity contribution in [3.8, 4) is 12.3 Å². The molecule has 0 bridgehead atoms. The molecule has 0 fully saturated rings. The standard InChI is InChI=1S/C15H18O/c1-4-6-12-16-15(5-2)13(3)14-10-8-7-9-11-14/h1,7-11,15H,3,5-6,12H2,2H3/t15-/m0/s1. The molecule has 16 heavy (non-hydrogen) atoms. The summed E-state index contributed by atoms with van der Waals surface area (Å²) in [6.07, 6.45) is 6.82. The normalized spacial score (nSPS) is 11.8. The van der Waals surface area contributed by atoms with Crippen LogP contribution in [0, 0.1) is 12.3 Å². The lowest BCUT2D eigenvalue weighted by Crippen LogP contribution is -2.14. The van der Waals surface area contributed by atoms with Gasteiger partial charge in [0, 0.05) is 6.42 Å². The third-order valence-electron chi connectivity index (χ3n) is 2.47. The molecule has 1 rings (SSSR count). The first-order valence-corrected chi connectivity index (χ1v) is 5.58. The van der Waals surface area contributed by atoms with Crippen LogP contribution in [0.2, 0.25) is 0 Å². The highest BCUT2D eigenvalue weighted by Gasteiger charge is 2.11. The van der Waals surface area contributed by atoms with E-state index in [1.54, 1.807) is 0 Å². The van der Waals surface area contributed by atoms with E-state index in [2.05, 4.69) is 31.6 Å². The summed E-state index contributed by atoms with van der Waals surface area (Å²) in [6, 6.07) is 10.1. The topological polar surface area (TPSA) is 9.23 Å². The van der Waals surface area contributed by atoms with Gasteiger partial charge in [-0.05, 0) is 17.6 Å². The van der Waals surface area contributed by atoms with Crippen molar-refractivity contribution in [1.29, 1.82) is 0 Å². The third kappa shape index (κ3) is 3.56. The summed E-state index contributed by atoms with van der Waals surface area (Å²) >= 11 is 0. The van der Waals surface area contributed by atoms with Gasteiger partial charge in [-0.2, -0.15) is 0 Å². The van der Waals surface area contributed by atoms with Crippen LogP contribution < -0.4 is 0 Å².